The second-order valence-corrected chi connectivity index (χ2v) is 3.19. The highest BCUT2D eigenvalue weighted by atomic mass is 16.4. The van der Waals surface area contributed by atoms with Crippen molar-refractivity contribution in [2.24, 2.45) is 17.3 Å². The van der Waals surface area contributed by atoms with Crippen molar-refractivity contribution in [1.82, 2.24) is 0 Å². The third-order valence-corrected chi connectivity index (χ3v) is 2.71. The lowest BCUT2D eigenvalue weighted by atomic mass is 10.1. The van der Waals surface area contributed by atoms with E-state index in [4.69, 9.17) is 10.2 Å². The fourth-order valence-corrected chi connectivity index (χ4v) is 1.53. The van der Waals surface area contributed by atoms with Crippen LogP contribution in [0.3, 0.4) is 0 Å². The molecule has 0 aromatic carbocycles. The highest BCUT2D eigenvalue weighted by Crippen LogP contribution is 2.58. The molecule has 4 nitrogen and oxygen atoms in total. The third-order valence-electron chi connectivity index (χ3n) is 2.71. The first-order valence-electron chi connectivity index (χ1n) is 3.38. The summed E-state index contributed by atoms with van der Waals surface area (Å²) in [4.78, 5) is 21.0. The molecule has 1 aliphatic carbocycles. The molecular formula is C7H10O4. The molecule has 3 atom stereocenters. The average Bonchev–Trinajstić information content (AvgIpc) is 2.37. The second kappa shape index (κ2) is 1.96. The van der Waals surface area contributed by atoms with E-state index in [-0.39, 0.29) is 5.92 Å². The van der Waals surface area contributed by atoms with Gasteiger partial charge in [0.1, 0.15) is 0 Å². The minimum absolute atomic E-state index is 0.252. The maximum atomic E-state index is 10.5. The van der Waals surface area contributed by atoms with Crippen LogP contribution in [0, 0.1) is 17.3 Å². The predicted octanol–water partition coefficient (Wildman–Crippen LogP) is 0.428. The first kappa shape index (κ1) is 8.04. The van der Waals surface area contributed by atoms with E-state index >= 15 is 0 Å². The van der Waals surface area contributed by atoms with Gasteiger partial charge in [-0.1, -0.05) is 6.92 Å². The first-order chi connectivity index (χ1) is 4.92. The van der Waals surface area contributed by atoms with Gasteiger partial charge in [-0.3, -0.25) is 9.59 Å². The molecule has 4 heteroatoms. The van der Waals surface area contributed by atoms with Crippen molar-refractivity contribution in [3.05, 3.63) is 0 Å². The Balaban J connectivity index is 2.81. The Labute approximate surface area is 63.8 Å². The van der Waals surface area contributed by atoms with Gasteiger partial charge in [-0.15, -0.1) is 0 Å². The van der Waals surface area contributed by atoms with Crippen molar-refractivity contribution in [1.29, 1.82) is 0 Å². The molecule has 0 radical (unpaired) electrons. The monoisotopic (exact) mass is 158 g/mol. The number of carboxylic acids is 2. The number of aliphatic carboxylic acids is 2. The average molecular weight is 158 g/mol. The molecule has 1 fully saturated rings. The van der Waals surface area contributed by atoms with Crippen molar-refractivity contribution < 1.29 is 19.8 Å². The Morgan fingerprint density at radius 2 is 1.82 bits per heavy atom. The van der Waals surface area contributed by atoms with Crippen molar-refractivity contribution in [2.75, 3.05) is 0 Å². The number of carbonyl (C=O) groups is 2. The second-order valence-electron chi connectivity index (χ2n) is 3.19. The summed E-state index contributed by atoms with van der Waals surface area (Å²) in [5.74, 6) is -2.99. The molecule has 0 aromatic rings. The Morgan fingerprint density at radius 1 is 1.36 bits per heavy atom. The summed E-state index contributed by atoms with van der Waals surface area (Å²) in [5.41, 5.74) is -1.04. The zero-order valence-corrected chi connectivity index (χ0v) is 6.37. The van der Waals surface area contributed by atoms with Crippen LogP contribution in [-0.2, 0) is 9.59 Å². The summed E-state index contributed by atoms with van der Waals surface area (Å²) in [6, 6.07) is 0. The van der Waals surface area contributed by atoms with Crippen LogP contribution < -0.4 is 0 Å². The molecule has 3 unspecified atom stereocenters. The number of carboxylic acid groups (broad SMARTS) is 2. The van der Waals surface area contributed by atoms with E-state index in [9.17, 15) is 9.59 Å². The molecule has 0 amide bonds. The lowest BCUT2D eigenvalue weighted by Gasteiger charge is -2.00. The lowest BCUT2D eigenvalue weighted by molar-refractivity contribution is -0.148. The number of rotatable bonds is 2. The Hall–Kier alpha value is -1.06. The van der Waals surface area contributed by atoms with Gasteiger partial charge in [0.25, 0.3) is 0 Å². The van der Waals surface area contributed by atoms with Crippen molar-refractivity contribution >= 4 is 11.9 Å². The third kappa shape index (κ3) is 0.818. The molecule has 1 aliphatic rings. The predicted molar refractivity (Wildman–Crippen MR) is 36.0 cm³/mol. The molecule has 0 aromatic heterocycles. The summed E-state index contributed by atoms with van der Waals surface area (Å²) in [7, 11) is 0. The van der Waals surface area contributed by atoms with Gasteiger partial charge in [-0.25, -0.2) is 0 Å². The fourth-order valence-electron chi connectivity index (χ4n) is 1.53. The van der Waals surface area contributed by atoms with Gasteiger partial charge < -0.3 is 10.2 Å². The van der Waals surface area contributed by atoms with Crippen molar-refractivity contribution in [3.8, 4) is 0 Å². The van der Waals surface area contributed by atoms with Crippen molar-refractivity contribution in [3.63, 3.8) is 0 Å². The number of hydrogen-bond acceptors (Lipinski definition) is 2. The smallest absolute Gasteiger partial charge is 0.310 e. The van der Waals surface area contributed by atoms with Gasteiger partial charge in [0.05, 0.1) is 11.3 Å². The minimum atomic E-state index is -1.04. The zero-order chi connectivity index (χ0) is 8.81. The van der Waals surface area contributed by atoms with Crippen LogP contribution in [0.25, 0.3) is 0 Å². The molecule has 0 spiro atoms. The molecular weight excluding hydrogens is 148 g/mol. The van der Waals surface area contributed by atoms with Gasteiger partial charge in [-0.05, 0) is 12.8 Å². The van der Waals surface area contributed by atoms with Gasteiger partial charge >= 0.3 is 11.9 Å². The molecule has 62 valence electrons. The van der Waals surface area contributed by atoms with Crippen LogP contribution in [0.4, 0.5) is 0 Å². The van der Waals surface area contributed by atoms with E-state index in [1.54, 1.807) is 6.92 Å². The van der Waals surface area contributed by atoms with E-state index in [0.29, 0.717) is 0 Å². The maximum Gasteiger partial charge on any atom is 0.310 e. The highest BCUT2D eigenvalue weighted by Gasteiger charge is 2.68. The molecule has 0 aliphatic heterocycles. The number of hydrogen-bond donors (Lipinski definition) is 2. The summed E-state index contributed by atoms with van der Waals surface area (Å²) >= 11 is 0. The van der Waals surface area contributed by atoms with E-state index in [2.05, 4.69) is 0 Å². The standard InChI is InChI=1S/C7H10O4/c1-3-4(5(8)9)7(3,2)6(10)11/h3-4H,1-2H3,(H,8,9)(H,10,11). The summed E-state index contributed by atoms with van der Waals surface area (Å²) < 4.78 is 0. The molecule has 11 heavy (non-hydrogen) atoms. The van der Waals surface area contributed by atoms with Gasteiger partial charge in [0.15, 0.2) is 0 Å². The topological polar surface area (TPSA) is 74.6 Å². The van der Waals surface area contributed by atoms with Crippen LogP contribution in [0.1, 0.15) is 13.8 Å². The molecule has 0 heterocycles. The van der Waals surface area contributed by atoms with E-state index in [1.807, 2.05) is 0 Å². The lowest BCUT2D eigenvalue weighted by Crippen LogP contribution is -2.17. The fraction of sp³-hybridized carbons (Fsp3) is 0.714. The van der Waals surface area contributed by atoms with Crippen molar-refractivity contribution in [2.45, 2.75) is 13.8 Å². The van der Waals surface area contributed by atoms with E-state index < -0.39 is 23.3 Å². The Bertz CT molecular complexity index is 222. The zero-order valence-electron chi connectivity index (χ0n) is 6.37. The summed E-state index contributed by atoms with van der Waals surface area (Å²) in [6.07, 6.45) is 0. The SMILES string of the molecule is CC1C(C(=O)O)C1(C)C(=O)O. The summed E-state index contributed by atoms with van der Waals surface area (Å²) in [5, 5.41) is 17.2. The van der Waals surface area contributed by atoms with Crippen LogP contribution in [0.15, 0.2) is 0 Å². The van der Waals surface area contributed by atoms with E-state index in [1.165, 1.54) is 6.92 Å². The normalized spacial score (nSPS) is 41.6. The van der Waals surface area contributed by atoms with E-state index in [0.717, 1.165) is 0 Å². The van der Waals surface area contributed by atoms with Gasteiger partial charge in [0, 0.05) is 0 Å². The molecule has 1 saturated carbocycles. The Kier molecular flexibility index (Phi) is 1.44. The van der Waals surface area contributed by atoms with Crippen LogP contribution in [0.5, 0.6) is 0 Å². The molecule has 0 bridgehead atoms. The quantitative estimate of drug-likeness (QED) is 0.611. The minimum Gasteiger partial charge on any atom is -0.481 e. The van der Waals surface area contributed by atoms with Crippen LogP contribution in [-0.4, -0.2) is 22.2 Å². The largest absolute Gasteiger partial charge is 0.481 e. The first-order valence-corrected chi connectivity index (χ1v) is 3.38. The Morgan fingerprint density at radius 3 is 1.91 bits per heavy atom. The van der Waals surface area contributed by atoms with Crippen LogP contribution in [0.2, 0.25) is 0 Å². The van der Waals surface area contributed by atoms with Crippen LogP contribution >= 0.6 is 0 Å². The molecule has 0 saturated heterocycles. The van der Waals surface area contributed by atoms with Gasteiger partial charge in [0.2, 0.25) is 0 Å². The molecule has 2 N–H and O–H groups in total. The maximum absolute atomic E-state index is 10.5. The highest BCUT2D eigenvalue weighted by molar-refractivity contribution is 5.89. The summed E-state index contributed by atoms with van der Waals surface area (Å²) in [6.45, 7) is 3.12. The molecule has 1 rings (SSSR count). The van der Waals surface area contributed by atoms with Gasteiger partial charge in [-0.2, -0.15) is 0 Å².